The summed E-state index contributed by atoms with van der Waals surface area (Å²) in [5.74, 6) is -1.74. The number of anilines is 2. The maximum Gasteiger partial charge on any atom is 0.262 e. The molecule has 2 heterocycles. The Morgan fingerprint density at radius 1 is 0.891 bits per heavy atom. The minimum Gasteiger partial charge on any atom is -0.493 e. The monoisotopic (exact) mass is 631 g/mol. The molecule has 0 bridgehead atoms. The first-order valence-corrected chi connectivity index (χ1v) is 14.3. The first-order chi connectivity index (χ1) is 22.2. The van der Waals surface area contributed by atoms with Gasteiger partial charge in [-0.25, -0.2) is 8.78 Å². The molecule has 46 heavy (non-hydrogen) atoms. The Labute approximate surface area is 263 Å². The number of carbonyl (C=O) groups is 3. The lowest BCUT2D eigenvalue weighted by Gasteiger charge is -2.16. The number of ether oxygens (including phenoxy) is 3. The van der Waals surface area contributed by atoms with Crippen molar-refractivity contribution < 1.29 is 37.4 Å². The van der Waals surface area contributed by atoms with Gasteiger partial charge in [-0.1, -0.05) is 0 Å². The lowest BCUT2D eigenvalue weighted by molar-refractivity contribution is -0.127. The van der Waals surface area contributed by atoms with E-state index in [9.17, 15) is 18.8 Å². The van der Waals surface area contributed by atoms with Gasteiger partial charge in [0.25, 0.3) is 11.8 Å². The minimum atomic E-state index is -0.835. The predicted octanol–water partition coefficient (Wildman–Crippen LogP) is 5.00. The van der Waals surface area contributed by atoms with Crippen molar-refractivity contribution in [2.75, 3.05) is 44.5 Å². The van der Waals surface area contributed by atoms with E-state index >= 15 is 4.39 Å². The third-order valence-electron chi connectivity index (χ3n) is 7.15. The molecule has 4 aromatic rings. The first-order valence-electron chi connectivity index (χ1n) is 14.3. The summed E-state index contributed by atoms with van der Waals surface area (Å²) < 4.78 is 45.2. The second kappa shape index (κ2) is 14.4. The molecule has 3 aromatic carbocycles. The Hall–Kier alpha value is -5.72. The van der Waals surface area contributed by atoms with Crippen molar-refractivity contribution in [3.05, 3.63) is 90.3 Å². The Kier molecular flexibility index (Phi) is 9.90. The Bertz CT molecular complexity index is 1800. The third kappa shape index (κ3) is 7.49. The number of benzene rings is 3. The van der Waals surface area contributed by atoms with Crippen molar-refractivity contribution in [2.24, 2.45) is 0 Å². The fourth-order valence-electron chi connectivity index (χ4n) is 4.79. The zero-order valence-electron chi connectivity index (χ0n) is 25.1. The molecule has 0 unspecified atom stereocenters. The smallest absolute Gasteiger partial charge is 0.262 e. The molecule has 1 saturated heterocycles. The normalized spacial score (nSPS) is 13.0. The molecule has 238 valence electrons. The highest BCUT2D eigenvalue weighted by molar-refractivity contribution is 6.26. The fourth-order valence-corrected chi connectivity index (χ4v) is 4.79. The molecule has 0 spiro atoms. The van der Waals surface area contributed by atoms with E-state index in [2.05, 4.69) is 20.9 Å². The van der Waals surface area contributed by atoms with E-state index in [1.807, 2.05) is 0 Å². The minimum absolute atomic E-state index is 0.0457. The van der Waals surface area contributed by atoms with Gasteiger partial charge < -0.3 is 35.1 Å². The van der Waals surface area contributed by atoms with Crippen LogP contribution in [0.25, 0.3) is 10.9 Å². The van der Waals surface area contributed by atoms with E-state index in [1.54, 1.807) is 23.1 Å². The van der Waals surface area contributed by atoms with Crippen LogP contribution in [0.1, 0.15) is 12.8 Å². The van der Waals surface area contributed by atoms with Crippen molar-refractivity contribution >= 4 is 40.0 Å². The van der Waals surface area contributed by atoms with Gasteiger partial charge in [0.05, 0.1) is 19.7 Å². The number of fused-ring (bicyclic) bond motifs is 1. The largest absolute Gasteiger partial charge is 0.493 e. The topological polar surface area (TPSA) is 131 Å². The molecule has 1 aliphatic heterocycles. The third-order valence-corrected chi connectivity index (χ3v) is 7.15. The zero-order valence-corrected chi connectivity index (χ0v) is 25.1. The lowest BCUT2D eigenvalue weighted by Crippen LogP contribution is -2.32. The molecule has 0 aliphatic carbocycles. The van der Waals surface area contributed by atoms with Gasteiger partial charge >= 0.3 is 0 Å². The molecule has 13 heteroatoms. The number of carbonyl (C=O) groups excluding carboxylic acids is 3. The first kappa shape index (κ1) is 31.7. The summed E-state index contributed by atoms with van der Waals surface area (Å²) in [6, 6.07) is 13.8. The summed E-state index contributed by atoms with van der Waals surface area (Å²) >= 11 is 0. The molecule has 3 N–H and O–H groups in total. The fraction of sp³-hybridized carbons (Fsp3) is 0.212. The van der Waals surface area contributed by atoms with Crippen molar-refractivity contribution in [3.63, 3.8) is 0 Å². The number of amides is 3. The predicted molar refractivity (Wildman–Crippen MR) is 167 cm³/mol. The molecular weight excluding hydrogens is 600 g/mol. The van der Waals surface area contributed by atoms with E-state index in [-0.39, 0.29) is 35.1 Å². The van der Waals surface area contributed by atoms with Crippen LogP contribution in [0.4, 0.5) is 20.2 Å². The van der Waals surface area contributed by atoms with E-state index in [0.717, 1.165) is 12.5 Å². The molecule has 0 saturated carbocycles. The van der Waals surface area contributed by atoms with Crippen molar-refractivity contribution in [1.82, 2.24) is 15.2 Å². The summed E-state index contributed by atoms with van der Waals surface area (Å²) in [7, 11) is 3.00. The van der Waals surface area contributed by atoms with Gasteiger partial charge in [-0.3, -0.25) is 19.4 Å². The summed E-state index contributed by atoms with van der Waals surface area (Å²) in [5.41, 5.74) is 0.535. The second-order valence-electron chi connectivity index (χ2n) is 10.2. The molecular formula is C33H31F2N5O6. The number of rotatable bonds is 12. The number of nitrogens with zero attached hydrogens (tertiary/aromatic N) is 2. The van der Waals surface area contributed by atoms with Crippen LogP contribution in [0.3, 0.4) is 0 Å². The number of nitrogens with one attached hydrogen (secondary N) is 3. The number of likely N-dealkylation sites (tertiary alicyclic amines) is 1. The molecule has 5 rings (SSSR count). The van der Waals surface area contributed by atoms with Crippen LogP contribution in [-0.4, -0.2) is 61.5 Å². The molecule has 3 amide bonds. The van der Waals surface area contributed by atoms with E-state index in [0.29, 0.717) is 47.7 Å². The van der Waals surface area contributed by atoms with Crippen LogP contribution >= 0.6 is 0 Å². The number of hydrogen-bond donors (Lipinski definition) is 3. The zero-order chi connectivity index (χ0) is 32.6. The van der Waals surface area contributed by atoms with Gasteiger partial charge in [0.15, 0.2) is 23.1 Å². The summed E-state index contributed by atoms with van der Waals surface area (Å²) in [4.78, 5) is 44.2. The quantitative estimate of drug-likeness (QED) is 0.0863. The van der Waals surface area contributed by atoms with E-state index in [1.165, 1.54) is 63.0 Å². The van der Waals surface area contributed by atoms with Crippen molar-refractivity contribution in [2.45, 2.75) is 12.8 Å². The Morgan fingerprint density at radius 3 is 2.26 bits per heavy atom. The lowest BCUT2D eigenvalue weighted by atomic mass is 10.1. The average Bonchev–Trinajstić information content (AvgIpc) is 3.46. The van der Waals surface area contributed by atoms with Crippen LogP contribution in [0, 0.1) is 11.6 Å². The van der Waals surface area contributed by atoms with Crippen LogP contribution in [0.2, 0.25) is 0 Å². The second-order valence-corrected chi connectivity index (χ2v) is 10.2. The van der Waals surface area contributed by atoms with Gasteiger partial charge in [0, 0.05) is 67.3 Å². The molecule has 1 aromatic heterocycles. The number of methoxy groups -OCH3 is 2. The van der Waals surface area contributed by atoms with Crippen LogP contribution in [0.15, 0.2) is 78.6 Å². The SMILES string of the molecule is COc1cc2nccc(Oc3ccc(NC(=O)/C(=C/NCCN4CCCC4=O)C(=O)Nc4ccc(F)cc4)cc3F)c2cc1OC. The van der Waals surface area contributed by atoms with Gasteiger partial charge in [-0.2, -0.15) is 0 Å². The Morgan fingerprint density at radius 2 is 1.59 bits per heavy atom. The van der Waals surface area contributed by atoms with Crippen LogP contribution in [-0.2, 0) is 14.4 Å². The van der Waals surface area contributed by atoms with E-state index in [4.69, 9.17) is 14.2 Å². The maximum atomic E-state index is 15.3. The van der Waals surface area contributed by atoms with Gasteiger partial charge in [0.1, 0.15) is 17.1 Å². The highest BCUT2D eigenvalue weighted by Gasteiger charge is 2.22. The van der Waals surface area contributed by atoms with E-state index < -0.39 is 23.4 Å². The molecule has 11 nitrogen and oxygen atoms in total. The van der Waals surface area contributed by atoms with Gasteiger partial charge in [0.2, 0.25) is 5.91 Å². The van der Waals surface area contributed by atoms with Crippen molar-refractivity contribution in [3.8, 4) is 23.0 Å². The number of hydrogen-bond acceptors (Lipinski definition) is 8. The van der Waals surface area contributed by atoms with Gasteiger partial charge in [-0.05, 0) is 55.0 Å². The van der Waals surface area contributed by atoms with Crippen LogP contribution < -0.4 is 30.2 Å². The maximum absolute atomic E-state index is 15.3. The highest BCUT2D eigenvalue weighted by atomic mass is 19.1. The average molecular weight is 632 g/mol. The standard InChI is InChI=1S/C33H31F2N5O6/c1-44-29-17-23-26(18-30(29)45-2)37-12-11-27(23)46-28-10-9-22(16-25(28)35)39-33(43)24(19-36-13-15-40-14-3-4-31(40)41)32(42)38-21-7-5-20(34)6-8-21/h5-12,16-19,36H,3-4,13-15H2,1-2H3,(H,38,42)(H,39,43)/b24-19+. The number of pyridine rings is 1. The number of aromatic nitrogens is 1. The van der Waals surface area contributed by atoms with Crippen LogP contribution in [0.5, 0.6) is 23.0 Å². The molecule has 0 atom stereocenters. The molecule has 0 radical (unpaired) electrons. The highest BCUT2D eigenvalue weighted by Crippen LogP contribution is 2.37. The van der Waals surface area contributed by atoms with Crippen molar-refractivity contribution in [1.29, 1.82) is 0 Å². The summed E-state index contributed by atoms with van der Waals surface area (Å²) in [5, 5.41) is 8.53. The molecule has 1 aliphatic rings. The molecule has 1 fully saturated rings. The number of halogens is 2. The summed E-state index contributed by atoms with van der Waals surface area (Å²) in [6.07, 6.45) is 4.01. The summed E-state index contributed by atoms with van der Waals surface area (Å²) in [6.45, 7) is 1.33. The van der Waals surface area contributed by atoms with Gasteiger partial charge in [-0.15, -0.1) is 0 Å². The Balaban J connectivity index is 1.31.